The molecule has 0 saturated carbocycles. The van der Waals surface area contributed by atoms with Crippen LogP contribution in [0.5, 0.6) is 0 Å². The van der Waals surface area contributed by atoms with Crippen LogP contribution < -0.4 is 15.1 Å². The van der Waals surface area contributed by atoms with Gasteiger partial charge in [0.2, 0.25) is 11.7 Å². The van der Waals surface area contributed by atoms with Gasteiger partial charge in [0.05, 0.1) is 6.20 Å². The fraction of sp³-hybridized carbons (Fsp3) is 0.143. The maximum Gasteiger partial charge on any atom is 0.233 e. The van der Waals surface area contributed by atoms with E-state index in [1.54, 1.807) is 0 Å². The third-order valence-corrected chi connectivity index (χ3v) is 4.27. The molecule has 0 spiro atoms. The Morgan fingerprint density at radius 3 is 3.18 bits per heavy atom. The Morgan fingerprint density at radius 2 is 2.32 bits per heavy atom. The molecule has 4 rings (SSSR count). The van der Waals surface area contributed by atoms with E-state index < -0.39 is 0 Å². The number of rotatable bonds is 2. The Morgan fingerprint density at radius 1 is 1.41 bits per heavy atom. The van der Waals surface area contributed by atoms with Crippen molar-refractivity contribution in [2.75, 3.05) is 16.9 Å². The SMILES string of the molecule is CC(=O)Nc1nc2ccc(N3C=CC4=NC=C[NH+]4C3)nc2s1. The summed E-state index contributed by atoms with van der Waals surface area (Å²) < 4.78 is 0. The van der Waals surface area contributed by atoms with E-state index in [1.165, 1.54) is 23.2 Å². The molecule has 8 heteroatoms. The van der Waals surface area contributed by atoms with Crippen LogP contribution in [0.3, 0.4) is 0 Å². The molecule has 2 aliphatic heterocycles. The normalized spacial score (nSPS) is 19.4. The van der Waals surface area contributed by atoms with Gasteiger partial charge in [0.1, 0.15) is 22.4 Å². The Bertz CT molecular complexity index is 852. The number of anilines is 2. The predicted octanol–water partition coefficient (Wildman–Crippen LogP) is 0.709. The lowest BCUT2D eigenvalue weighted by molar-refractivity contribution is -0.742. The van der Waals surface area contributed by atoms with Crippen molar-refractivity contribution >= 4 is 44.4 Å². The lowest BCUT2D eigenvalue weighted by atomic mass is 10.3. The molecule has 4 heterocycles. The Kier molecular flexibility index (Phi) is 2.98. The van der Waals surface area contributed by atoms with Gasteiger partial charge in [-0.1, -0.05) is 11.3 Å². The van der Waals surface area contributed by atoms with E-state index in [0.717, 1.165) is 28.7 Å². The van der Waals surface area contributed by atoms with Crippen LogP contribution in [0.25, 0.3) is 10.3 Å². The van der Waals surface area contributed by atoms with Crippen LogP contribution >= 0.6 is 11.3 Å². The Labute approximate surface area is 130 Å². The summed E-state index contributed by atoms with van der Waals surface area (Å²) in [5.41, 5.74) is 0.786. The molecule has 2 aromatic heterocycles. The van der Waals surface area contributed by atoms with Gasteiger partial charge in [-0.2, -0.15) is 4.99 Å². The number of fused-ring (bicyclic) bond motifs is 2. The minimum atomic E-state index is -0.130. The molecule has 110 valence electrons. The van der Waals surface area contributed by atoms with Crippen molar-refractivity contribution in [3.63, 3.8) is 0 Å². The summed E-state index contributed by atoms with van der Waals surface area (Å²) in [5, 5.41) is 3.27. The molecule has 7 nitrogen and oxygen atoms in total. The van der Waals surface area contributed by atoms with E-state index in [-0.39, 0.29) is 5.91 Å². The number of thiazole rings is 1. The molecule has 1 atom stereocenters. The first-order chi connectivity index (χ1) is 10.7. The monoisotopic (exact) mass is 313 g/mol. The maximum atomic E-state index is 11.1. The largest absolute Gasteiger partial charge is 0.302 e. The van der Waals surface area contributed by atoms with E-state index in [9.17, 15) is 4.79 Å². The van der Waals surface area contributed by atoms with E-state index in [4.69, 9.17) is 0 Å². The van der Waals surface area contributed by atoms with Gasteiger partial charge >= 0.3 is 0 Å². The molecule has 0 fully saturated rings. The van der Waals surface area contributed by atoms with Crippen LogP contribution in [0.15, 0.2) is 41.8 Å². The minimum absolute atomic E-state index is 0.130. The Hall–Kier alpha value is -2.58. The molecule has 2 N–H and O–H groups in total. The van der Waals surface area contributed by atoms with Crippen molar-refractivity contribution in [1.82, 2.24) is 9.97 Å². The number of quaternary nitrogens is 1. The van der Waals surface area contributed by atoms with Gasteiger partial charge in [-0.05, 0) is 12.1 Å². The van der Waals surface area contributed by atoms with Gasteiger partial charge in [0, 0.05) is 19.2 Å². The van der Waals surface area contributed by atoms with Gasteiger partial charge in [-0.15, -0.1) is 0 Å². The molecule has 22 heavy (non-hydrogen) atoms. The third-order valence-electron chi connectivity index (χ3n) is 3.39. The van der Waals surface area contributed by atoms with E-state index in [0.29, 0.717) is 5.13 Å². The predicted molar refractivity (Wildman–Crippen MR) is 85.7 cm³/mol. The summed E-state index contributed by atoms with van der Waals surface area (Å²) in [5.74, 6) is 1.74. The highest BCUT2D eigenvalue weighted by atomic mass is 32.1. The van der Waals surface area contributed by atoms with Gasteiger partial charge < -0.3 is 5.32 Å². The van der Waals surface area contributed by atoms with Crippen LogP contribution in [-0.4, -0.2) is 28.4 Å². The van der Waals surface area contributed by atoms with Gasteiger partial charge in [-0.3, -0.25) is 9.69 Å². The van der Waals surface area contributed by atoms with Crippen LogP contribution in [0.2, 0.25) is 0 Å². The number of nitrogens with zero attached hydrogens (tertiary/aromatic N) is 4. The summed E-state index contributed by atoms with van der Waals surface area (Å²) in [6.07, 6.45) is 7.81. The molecule has 0 radical (unpaired) electrons. The highest BCUT2D eigenvalue weighted by Crippen LogP contribution is 2.26. The molecule has 0 aliphatic carbocycles. The summed E-state index contributed by atoms with van der Waals surface area (Å²) >= 11 is 1.37. The second-order valence-electron chi connectivity index (χ2n) is 4.99. The zero-order chi connectivity index (χ0) is 15.1. The van der Waals surface area contributed by atoms with Gasteiger partial charge in [0.25, 0.3) is 0 Å². The van der Waals surface area contributed by atoms with Crippen LogP contribution in [0, 0.1) is 0 Å². The zero-order valence-electron chi connectivity index (χ0n) is 11.8. The standard InChI is InChI=1S/C14H12N6OS/c1-9(21)16-14-17-10-2-3-12(18-13(10)22-14)19-6-4-11-15-5-7-20(11)8-19/h2-7H,8H2,1H3,(H,16,17,21)/p+1. The zero-order valence-corrected chi connectivity index (χ0v) is 12.6. The second-order valence-corrected chi connectivity index (χ2v) is 5.97. The van der Waals surface area contributed by atoms with E-state index in [2.05, 4.69) is 25.2 Å². The van der Waals surface area contributed by atoms with Crippen molar-refractivity contribution < 1.29 is 9.69 Å². The summed E-state index contributed by atoms with van der Waals surface area (Å²) in [7, 11) is 0. The van der Waals surface area contributed by atoms with E-state index >= 15 is 0 Å². The molecule has 2 aromatic rings. The fourth-order valence-corrected chi connectivity index (χ4v) is 3.26. The topological polar surface area (TPSA) is 74.9 Å². The van der Waals surface area contributed by atoms with Gasteiger partial charge in [-0.25, -0.2) is 14.9 Å². The number of amides is 1. The summed E-state index contributed by atoms with van der Waals surface area (Å²) in [6.45, 7) is 2.22. The van der Waals surface area contributed by atoms with Crippen molar-refractivity contribution in [3.8, 4) is 0 Å². The van der Waals surface area contributed by atoms with Crippen molar-refractivity contribution in [2.24, 2.45) is 4.99 Å². The number of hydrogen-bond donors (Lipinski definition) is 2. The first kappa shape index (κ1) is 13.1. The lowest BCUT2D eigenvalue weighted by Crippen LogP contribution is -3.11. The fourth-order valence-electron chi connectivity index (χ4n) is 2.39. The molecule has 1 amide bonds. The number of nitrogens with one attached hydrogen (secondary N) is 2. The van der Waals surface area contributed by atoms with Crippen molar-refractivity contribution in [1.29, 1.82) is 0 Å². The van der Waals surface area contributed by atoms with Crippen LogP contribution in [0.4, 0.5) is 10.9 Å². The van der Waals surface area contributed by atoms with Crippen LogP contribution in [-0.2, 0) is 4.79 Å². The number of carbonyl (C=O) groups excluding carboxylic acids is 1. The molecule has 1 unspecified atom stereocenters. The summed E-state index contributed by atoms with van der Waals surface area (Å²) in [4.78, 5) is 28.4. The number of aromatic nitrogens is 2. The van der Waals surface area contributed by atoms with Crippen molar-refractivity contribution in [2.45, 2.75) is 6.92 Å². The summed E-state index contributed by atoms with van der Waals surface area (Å²) in [6, 6.07) is 3.86. The average molecular weight is 313 g/mol. The highest BCUT2D eigenvalue weighted by molar-refractivity contribution is 7.21. The minimum Gasteiger partial charge on any atom is -0.302 e. The molecule has 2 aliphatic rings. The number of aliphatic imine (C=N–C) groups is 1. The van der Waals surface area contributed by atoms with Gasteiger partial charge in [0.15, 0.2) is 11.8 Å². The highest BCUT2D eigenvalue weighted by Gasteiger charge is 2.24. The van der Waals surface area contributed by atoms with E-state index in [1.807, 2.05) is 36.8 Å². The molecule has 0 bridgehead atoms. The molecular weight excluding hydrogens is 300 g/mol. The Balaban J connectivity index is 1.65. The average Bonchev–Trinajstić information content (AvgIpc) is 3.10. The number of pyridine rings is 1. The molecular formula is C14H13N6OS+. The van der Waals surface area contributed by atoms with Crippen molar-refractivity contribution in [3.05, 3.63) is 36.8 Å². The number of hydrogen-bond acceptors (Lipinski definition) is 6. The quantitative estimate of drug-likeness (QED) is 0.856. The lowest BCUT2D eigenvalue weighted by Gasteiger charge is -2.25. The van der Waals surface area contributed by atoms with Crippen LogP contribution in [0.1, 0.15) is 6.92 Å². The smallest absolute Gasteiger partial charge is 0.233 e. The number of amidine groups is 1. The first-order valence-corrected chi connectivity index (χ1v) is 7.61. The second kappa shape index (κ2) is 5.00. The third kappa shape index (κ3) is 2.28. The molecule has 0 aromatic carbocycles. The number of carbonyl (C=O) groups is 1. The molecule has 0 saturated heterocycles. The maximum absolute atomic E-state index is 11.1. The first-order valence-electron chi connectivity index (χ1n) is 6.79.